The molecule has 0 spiro atoms. The third-order valence-corrected chi connectivity index (χ3v) is 4.33. The van der Waals surface area contributed by atoms with Gasteiger partial charge < -0.3 is 10.2 Å². The van der Waals surface area contributed by atoms with E-state index in [0.29, 0.717) is 12.6 Å². The van der Waals surface area contributed by atoms with Crippen LogP contribution in [0.1, 0.15) is 31.7 Å². The molecular weight excluding hydrogens is 334 g/mol. The second-order valence-electron chi connectivity index (χ2n) is 5.57. The normalized spacial score (nSPS) is 17.0. The molecule has 1 aromatic rings. The number of likely N-dealkylation sites (tertiary alicyclic amines) is 1. The summed E-state index contributed by atoms with van der Waals surface area (Å²) in [6.45, 7) is 6.36. The summed E-state index contributed by atoms with van der Waals surface area (Å²) < 4.78 is 0.756. The molecule has 1 saturated heterocycles. The number of nitrogens with zero attached hydrogens (tertiary/aromatic N) is 2. The first kappa shape index (κ1) is 16.4. The highest BCUT2D eigenvalue weighted by atomic mass is 79.9. The fourth-order valence-electron chi connectivity index (χ4n) is 2.78. The molecule has 0 amide bonds. The Morgan fingerprint density at radius 3 is 2.71 bits per heavy atom. The number of halogens is 1. The van der Waals surface area contributed by atoms with E-state index in [2.05, 4.69) is 33.1 Å². The smallest absolute Gasteiger partial charge is 0.270 e. The topological polar surface area (TPSA) is 58.4 Å². The van der Waals surface area contributed by atoms with Crippen LogP contribution in [0.25, 0.3) is 0 Å². The Hall–Kier alpha value is -0.980. The van der Waals surface area contributed by atoms with Gasteiger partial charge in [0.1, 0.15) is 0 Å². The molecule has 116 valence electrons. The minimum atomic E-state index is -0.350. The van der Waals surface area contributed by atoms with Crippen molar-refractivity contribution >= 4 is 21.6 Å². The van der Waals surface area contributed by atoms with E-state index in [1.165, 1.54) is 19.0 Å². The zero-order valence-electron chi connectivity index (χ0n) is 12.3. The number of benzene rings is 1. The van der Waals surface area contributed by atoms with Gasteiger partial charge in [-0.15, -0.1) is 0 Å². The average molecular weight is 356 g/mol. The minimum Gasteiger partial charge on any atom is -0.310 e. The molecule has 2 rings (SSSR count). The van der Waals surface area contributed by atoms with Crippen LogP contribution in [-0.2, 0) is 6.54 Å². The van der Waals surface area contributed by atoms with E-state index in [1.807, 2.05) is 6.07 Å². The molecule has 6 heteroatoms. The summed E-state index contributed by atoms with van der Waals surface area (Å²) in [5.41, 5.74) is 1.09. The number of nitro groups is 1. The molecule has 0 radical (unpaired) electrons. The average Bonchev–Trinajstić information content (AvgIpc) is 2.46. The molecule has 0 unspecified atom stereocenters. The Bertz CT molecular complexity index is 488. The minimum absolute atomic E-state index is 0.138. The van der Waals surface area contributed by atoms with Gasteiger partial charge in [-0.05, 0) is 50.5 Å². The Morgan fingerprint density at radius 1 is 1.38 bits per heavy atom. The van der Waals surface area contributed by atoms with Gasteiger partial charge in [-0.2, -0.15) is 0 Å². The summed E-state index contributed by atoms with van der Waals surface area (Å²) >= 11 is 3.33. The third kappa shape index (κ3) is 5.05. The molecule has 0 atom stereocenters. The van der Waals surface area contributed by atoms with Crippen LogP contribution in [0.3, 0.4) is 0 Å². The molecule has 1 aromatic carbocycles. The van der Waals surface area contributed by atoms with Crippen LogP contribution in [0.4, 0.5) is 5.69 Å². The molecule has 21 heavy (non-hydrogen) atoms. The third-order valence-electron chi connectivity index (χ3n) is 3.88. The summed E-state index contributed by atoms with van der Waals surface area (Å²) in [5, 5.41) is 14.4. The van der Waals surface area contributed by atoms with Gasteiger partial charge in [-0.25, -0.2) is 0 Å². The lowest BCUT2D eigenvalue weighted by Crippen LogP contribution is -2.42. The van der Waals surface area contributed by atoms with E-state index in [1.54, 1.807) is 6.07 Å². The van der Waals surface area contributed by atoms with E-state index in [9.17, 15) is 10.1 Å². The molecule has 1 heterocycles. The van der Waals surface area contributed by atoms with Gasteiger partial charge in [0.2, 0.25) is 0 Å². The number of rotatable bonds is 6. The molecule has 0 saturated carbocycles. The summed E-state index contributed by atoms with van der Waals surface area (Å²) in [6.07, 6.45) is 3.51. The number of non-ortho nitro benzene ring substituents is 1. The van der Waals surface area contributed by atoms with Gasteiger partial charge in [0.25, 0.3) is 5.69 Å². The van der Waals surface area contributed by atoms with Crippen molar-refractivity contribution in [2.75, 3.05) is 19.6 Å². The Balaban J connectivity index is 1.85. The van der Waals surface area contributed by atoms with Gasteiger partial charge in [0.05, 0.1) is 4.92 Å². The highest BCUT2D eigenvalue weighted by Crippen LogP contribution is 2.21. The number of hydrogen-bond donors (Lipinski definition) is 1. The van der Waals surface area contributed by atoms with Crippen LogP contribution >= 0.6 is 15.9 Å². The van der Waals surface area contributed by atoms with Gasteiger partial charge in [-0.1, -0.05) is 22.9 Å². The predicted molar refractivity (Wildman–Crippen MR) is 87.4 cm³/mol. The largest absolute Gasteiger partial charge is 0.310 e. The van der Waals surface area contributed by atoms with Crippen LogP contribution in [0.15, 0.2) is 22.7 Å². The van der Waals surface area contributed by atoms with Crippen molar-refractivity contribution < 1.29 is 4.92 Å². The van der Waals surface area contributed by atoms with E-state index in [-0.39, 0.29) is 10.6 Å². The molecule has 5 nitrogen and oxygen atoms in total. The second-order valence-corrected chi connectivity index (χ2v) is 6.49. The molecule has 1 aliphatic rings. The predicted octanol–water partition coefficient (Wildman–Crippen LogP) is 3.32. The Labute approximate surface area is 134 Å². The highest BCUT2D eigenvalue weighted by Gasteiger charge is 2.18. The summed E-state index contributed by atoms with van der Waals surface area (Å²) in [6, 6.07) is 5.62. The highest BCUT2D eigenvalue weighted by molar-refractivity contribution is 9.10. The van der Waals surface area contributed by atoms with Gasteiger partial charge >= 0.3 is 0 Å². The first-order chi connectivity index (χ1) is 10.1. The molecule has 1 N–H and O–H groups in total. The lowest BCUT2D eigenvalue weighted by molar-refractivity contribution is -0.385. The molecular formula is C15H22BrN3O2. The van der Waals surface area contributed by atoms with E-state index < -0.39 is 0 Å². The van der Waals surface area contributed by atoms with Crippen molar-refractivity contribution in [3.8, 4) is 0 Å². The van der Waals surface area contributed by atoms with Gasteiger partial charge in [-0.3, -0.25) is 10.1 Å². The quantitative estimate of drug-likeness (QED) is 0.628. The zero-order chi connectivity index (χ0) is 15.2. The van der Waals surface area contributed by atoms with Gasteiger partial charge in [0.15, 0.2) is 0 Å². The van der Waals surface area contributed by atoms with Gasteiger partial charge in [0, 0.05) is 29.2 Å². The van der Waals surface area contributed by atoms with Crippen molar-refractivity contribution in [3.63, 3.8) is 0 Å². The molecule has 0 bridgehead atoms. The maximum atomic E-state index is 10.9. The first-order valence-corrected chi connectivity index (χ1v) is 8.27. The van der Waals surface area contributed by atoms with Crippen molar-refractivity contribution in [1.29, 1.82) is 0 Å². The maximum absolute atomic E-state index is 10.9. The van der Waals surface area contributed by atoms with Crippen molar-refractivity contribution in [1.82, 2.24) is 10.2 Å². The standard InChI is InChI=1S/C15H22BrN3O2/c1-2-5-18-6-3-14(4-7-18)17-11-12-8-13(16)10-15(9-12)19(20)21/h8-10,14,17H,2-7,11H2,1H3. The SMILES string of the molecule is CCCN1CCC(NCc2cc(Br)cc([N+](=O)[O-])c2)CC1. The Morgan fingerprint density at radius 2 is 2.10 bits per heavy atom. The summed E-state index contributed by atoms with van der Waals surface area (Å²) in [4.78, 5) is 13.0. The summed E-state index contributed by atoms with van der Waals surface area (Å²) in [7, 11) is 0. The maximum Gasteiger partial charge on any atom is 0.270 e. The van der Waals surface area contributed by atoms with Crippen LogP contribution in [0, 0.1) is 10.1 Å². The fraction of sp³-hybridized carbons (Fsp3) is 0.600. The lowest BCUT2D eigenvalue weighted by Gasteiger charge is -2.32. The van der Waals surface area contributed by atoms with Crippen LogP contribution in [-0.4, -0.2) is 35.5 Å². The molecule has 1 aliphatic heterocycles. The van der Waals surface area contributed by atoms with Crippen molar-refractivity contribution in [2.45, 2.75) is 38.8 Å². The van der Waals surface area contributed by atoms with Crippen LogP contribution < -0.4 is 5.32 Å². The fourth-order valence-corrected chi connectivity index (χ4v) is 3.31. The molecule has 1 fully saturated rings. The zero-order valence-corrected chi connectivity index (χ0v) is 13.9. The number of nitrogens with one attached hydrogen (secondary N) is 1. The van der Waals surface area contributed by atoms with Crippen LogP contribution in [0.5, 0.6) is 0 Å². The van der Waals surface area contributed by atoms with Crippen molar-refractivity contribution in [2.24, 2.45) is 0 Å². The number of piperidine rings is 1. The van der Waals surface area contributed by atoms with Crippen LogP contribution in [0.2, 0.25) is 0 Å². The number of nitro benzene ring substituents is 1. The summed E-state index contributed by atoms with van der Waals surface area (Å²) in [5.74, 6) is 0. The monoisotopic (exact) mass is 355 g/mol. The van der Waals surface area contributed by atoms with Crippen molar-refractivity contribution in [3.05, 3.63) is 38.3 Å². The van der Waals surface area contributed by atoms with E-state index >= 15 is 0 Å². The second kappa shape index (κ2) is 7.87. The lowest BCUT2D eigenvalue weighted by atomic mass is 10.0. The van der Waals surface area contributed by atoms with E-state index in [4.69, 9.17) is 0 Å². The Kier molecular flexibility index (Phi) is 6.14. The molecule has 0 aliphatic carbocycles. The van der Waals surface area contributed by atoms with E-state index in [0.717, 1.165) is 36.0 Å². The number of hydrogen-bond acceptors (Lipinski definition) is 4. The molecule has 0 aromatic heterocycles. The first-order valence-electron chi connectivity index (χ1n) is 7.48.